The quantitative estimate of drug-likeness (QED) is 0.548. The van der Waals surface area contributed by atoms with Gasteiger partial charge in [0.25, 0.3) is 0 Å². The number of likely N-dealkylation sites (tertiary alicyclic amines) is 1. The number of aromatic hydroxyl groups is 1. The van der Waals surface area contributed by atoms with Crippen molar-refractivity contribution >= 4 is 13.9 Å². The van der Waals surface area contributed by atoms with E-state index in [2.05, 4.69) is 31.7 Å². The normalized spacial score (nSPS) is 16.0. The molecule has 1 aliphatic rings. The predicted octanol–water partition coefficient (Wildman–Crippen LogP) is 6.15. The Morgan fingerprint density at radius 1 is 1.03 bits per heavy atom. The third-order valence-electron chi connectivity index (χ3n) is 6.45. The molecular weight excluding hydrogens is 380 g/mol. The van der Waals surface area contributed by atoms with E-state index in [4.69, 9.17) is 0 Å². The summed E-state index contributed by atoms with van der Waals surface area (Å²) in [6, 6.07) is 9.49. The second-order valence-electron chi connectivity index (χ2n) is 8.53. The molecule has 2 aromatic carbocycles. The third kappa shape index (κ3) is 5.01. The summed E-state index contributed by atoms with van der Waals surface area (Å²) in [4.78, 5) is 2.46. The summed E-state index contributed by atoms with van der Waals surface area (Å²) in [7, 11) is 0.495. The Kier molecular flexibility index (Phi) is 7.35. The average Bonchev–Trinajstić information content (AvgIpc) is 2.71. The molecule has 1 heterocycles. The Bertz CT molecular complexity index is 841. The lowest BCUT2D eigenvalue weighted by molar-refractivity contribution is 0.221. The summed E-state index contributed by atoms with van der Waals surface area (Å²) < 4.78 is 14.1. The Hall–Kier alpha value is -1.44. The van der Waals surface area contributed by atoms with Crippen LogP contribution in [0, 0.1) is 19.7 Å². The minimum absolute atomic E-state index is 0.130. The molecule has 1 aliphatic heterocycles. The van der Waals surface area contributed by atoms with Crippen LogP contribution in [0.5, 0.6) is 5.75 Å². The minimum atomic E-state index is -0.154. The van der Waals surface area contributed by atoms with Crippen LogP contribution < -0.4 is 5.30 Å². The van der Waals surface area contributed by atoms with E-state index in [1.165, 1.54) is 30.1 Å². The van der Waals surface area contributed by atoms with Crippen LogP contribution in [0.4, 0.5) is 4.39 Å². The first-order chi connectivity index (χ1) is 13.9. The summed E-state index contributed by atoms with van der Waals surface area (Å²) in [6.45, 7) is 11.5. The highest BCUT2D eigenvalue weighted by Crippen LogP contribution is 2.51. The zero-order valence-corrected chi connectivity index (χ0v) is 19.3. The van der Waals surface area contributed by atoms with Gasteiger partial charge in [-0.1, -0.05) is 52.6 Å². The molecule has 29 heavy (non-hydrogen) atoms. The van der Waals surface area contributed by atoms with Crippen molar-refractivity contribution in [3.63, 3.8) is 0 Å². The van der Waals surface area contributed by atoms with E-state index >= 15 is 0 Å². The van der Waals surface area contributed by atoms with E-state index in [-0.39, 0.29) is 11.0 Å². The van der Waals surface area contributed by atoms with Crippen LogP contribution in [0.2, 0.25) is 0 Å². The highest BCUT2D eigenvalue weighted by Gasteiger charge is 2.33. The molecule has 0 aromatic heterocycles. The van der Waals surface area contributed by atoms with Gasteiger partial charge in [0.2, 0.25) is 0 Å². The first kappa shape index (κ1) is 22.2. The molecule has 1 N–H and O–H groups in total. The van der Waals surface area contributed by atoms with Gasteiger partial charge in [-0.25, -0.2) is 4.39 Å². The first-order valence-electron chi connectivity index (χ1n) is 11.0. The van der Waals surface area contributed by atoms with E-state index in [0.29, 0.717) is 14.3 Å². The molecule has 3 rings (SSSR count). The Morgan fingerprint density at radius 2 is 1.72 bits per heavy atom. The molecule has 2 nitrogen and oxygen atoms in total. The Labute approximate surface area is 177 Å². The lowest BCUT2D eigenvalue weighted by Crippen LogP contribution is -2.31. The van der Waals surface area contributed by atoms with Crippen LogP contribution in [0.15, 0.2) is 30.3 Å². The number of halogens is 1. The summed E-state index contributed by atoms with van der Waals surface area (Å²) in [5.41, 5.74) is 4.27. The van der Waals surface area contributed by atoms with Gasteiger partial charge in [0.1, 0.15) is 11.6 Å². The largest absolute Gasteiger partial charge is 0.507 e. The zero-order valence-electron chi connectivity index (χ0n) is 18.3. The maximum absolute atomic E-state index is 14.1. The second-order valence-corrected chi connectivity index (χ2v) is 10.3. The lowest BCUT2D eigenvalue weighted by Gasteiger charge is -2.35. The number of hydrogen-bond acceptors (Lipinski definition) is 2. The number of nitrogens with zero attached hydrogens (tertiary/aromatic N) is 1. The van der Waals surface area contributed by atoms with Crippen LogP contribution >= 0.6 is 8.58 Å². The summed E-state index contributed by atoms with van der Waals surface area (Å²) >= 11 is 0. The molecule has 0 bridgehead atoms. The minimum Gasteiger partial charge on any atom is -0.507 e. The van der Waals surface area contributed by atoms with E-state index < -0.39 is 0 Å². The number of phenols is 1. The van der Waals surface area contributed by atoms with Gasteiger partial charge in [0.05, 0.1) is 0 Å². The highest BCUT2D eigenvalue weighted by molar-refractivity contribution is 7.48. The molecule has 158 valence electrons. The van der Waals surface area contributed by atoms with E-state index in [0.717, 1.165) is 49.2 Å². The van der Waals surface area contributed by atoms with Crippen LogP contribution in [-0.2, 0) is 11.7 Å². The molecule has 0 radical (unpaired) electrons. The molecule has 1 unspecified atom stereocenters. The first-order valence-corrected chi connectivity index (χ1v) is 12.0. The molecular formula is C25H35FNOP. The second kappa shape index (κ2) is 9.58. The summed E-state index contributed by atoms with van der Waals surface area (Å²) in [6.07, 6.45) is 5.65. The maximum Gasteiger partial charge on any atom is 0.123 e. The van der Waals surface area contributed by atoms with Gasteiger partial charge in [-0.15, -0.1) is 0 Å². The third-order valence-corrected chi connectivity index (χ3v) is 8.66. The van der Waals surface area contributed by atoms with Crippen molar-refractivity contribution in [1.29, 1.82) is 0 Å². The van der Waals surface area contributed by atoms with Gasteiger partial charge in [-0.05, 0) is 81.2 Å². The average molecular weight is 416 g/mol. The SMILES string of the molecule is CCC(CC)(Pc1ccc(F)cc1CN1CCCCC1)c1cc(C)cc(C)c1O. The van der Waals surface area contributed by atoms with Gasteiger partial charge in [-0.3, -0.25) is 4.90 Å². The number of benzene rings is 2. The van der Waals surface area contributed by atoms with Crippen molar-refractivity contribution in [3.05, 3.63) is 58.4 Å². The van der Waals surface area contributed by atoms with Crippen molar-refractivity contribution < 1.29 is 9.50 Å². The maximum atomic E-state index is 14.1. The van der Waals surface area contributed by atoms with Crippen molar-refractivity contribution in [2.45, 2.75) is 71.5 Å². The highest BCUT2D eigenvalue weighted by atomic mass is 31.1. The molecule has 2 aromatic rings. The molecule has 0 spiro atoms. The number of rotatable bonds is 7. The molecule has 4 heteroatoms. The number of phenolic OH excluding ortho intramolecular Hbond substituents is 1. The van der Waals surface area contributed by atoms with Crippen molar-refractivity contribution in [2.24, 2.45) is 0 Å². The van der Waals surface area contributed by atoms with E-state index in [9.17, 15) is 9.50 Å². The fraction of sp³-hybridized carbons (Fsp3) is 0.520. The fourth-order valence-corrected chi connectivity index (χ4v) is 6.30. The zero-order chi connectivity index (χ0) is 21.0. The van der Waals surface area contributed by atoms with Gasteiger partial charge in [0.15, 0.2) is 0 Å². The fourth-order valence-electron chi connectivity index (χ4n) is 4.63. The Morgan fingerprint density at radius 3 is 2.38 bits per heavy atom. The van der Waals surface area contributed by atoms with Gasteiger partial charge in [-0.2, -0.15) is 0 Å². The van der Waals surface area contributed by atoms with Gasteiger partial charge >= 0.3 is 0 Å². The standard InChI is InChI=1S/C25H35FNOP/c1-5-25(6-2,22-15-18(3)14-19(4)24(22)28)29-23-11-10-21(26)16-20(23)17-27-12-8-7-9-13-27/h10-11,14-16,28-29H,5-9,12-13,17H2,1-4H3. The summed E-state index contributed by atoms with van der Waals surface area (Å²) in [5, 5.41) is 12.0. The van der Waals surface area contributed by atoms with Crippen LogP contribution in [0.1, 0.15) is 68.2 Å². The molecule has 0 saturated carbocycles. The van der Waals surface area contributed by atoms with E-state index in [1.807, 2.05) is 19.1 Å². The molecule has 1 saturated heterocycles. The van der Waals surface area contributed by atoms with Gasteiger partial charge in [0, 0.05) is 17.3 Å². The number of aryl methyl sites for hydroxylation is 2. The van der Waals surface area contributed by atoms with Crippen molar-refractivity contribution in [1.82, 2.24) is 4.90 Å². The Balaban J connectivity index is 1.99. The lowest BCUT2D eigenvalue weighted by atomic mass is 9.89. The van der Waals surface area contributed by atoms with Crippen molar-refractivity contribution in [3.8, 4) is 5.75 Å². The monoisotopic (exact) mass is 415 g/mol. The molecule has 1 atom stereocenters. The molecule has 0 aliphatic carbocycles. The smallest absolute Gasteiger partial charge is 0.123 e. The van der Waals surface area contributed by atoms with Crippen LogP contribution in [0.25, 0.3) is 0 Å². The number of piperidine rings is 1. The van der Waals surface area contributed by atoms with Crippen molar-refractivity contribution in [2.75, 3.05) is 13.1 Å². The van der Waals surface area contributed by atoms with E-state index in [1.54, 1.807) is 12.1 Å². The topological polar surface area (TPSA) is 23.5 Å². The molecule has 1 fully saturated rings. The molecule has 0 amide bonds. The van der Waals surface area contributed by atoms with Crippen LogP contribution in [0.3, 0.4) is 0 Å². The predicted molar refractivity (Wildman–Crippen MR) is 123 cm³/mol. The number of hydrogen-bond donors (Lipinski definition) is 1. The van der Waals surface area contributed by atoms with Crippen LogP contribution in [-0.4, -0.2) is 23.1 Å². The van der Waals surface area contributed by atoms with Gasteiger partial charge < -0.3 is 5.11 Å². The summed E-state index contributed by atoms with van der Waals surface area (Å²) in [5.74, 6) is 0.268.